The summed E-state index contributed by atoms with van der Waals surface area (Å²) in [7, 11) is 3.12. The van der Waals surface area contributed by atoms with E-state index in [0.717, 1.165) is 6.42 Å². The van der Waals surface area contributed by atoms with Crippen LogP contribution in [0.3, 0.4) is 0 Å². The molecule has 96 valence electrons. The highest BCUT2D eigenvalue weighted by Crippen LogP contribution is 2.28. The molecule has 0 aliphatic heterocycles. The van der Waals surface area contributed by atoms with E-state index in [2.05, 4.69) is 4.98 Å². The zero-order chi connectivity index (χ0) is 12.7. The molecule has 3 N–H and O–H groups in total. The molecule has 1 aromatic rings. The lowest BCUT2D eigenvalue weighted by Gasteiger charge is -2.27. The van der Waals surface area contributed by atoms with E-state index >= 15 is 0 Å². The van der Waals surface area contributed by atoms with Crippen LogP contribution in [0.5, 0.6) is 5.75 Å². The molecular formula is C12H20N2O3. The summed E-state index contributed by atoms with van der Waals surface area (Å²) in [5.41, 5.74) is 5.10. The molecule has 5 heteroatoms. The molecule has 17 heavy (non-hydrogen) atoms. The van der Waals surface area contributed by atoms with Gasteiger partial charge in [0.25, 0.3) is 0 Å². The third-order valence-corrected chi connectivity index (χ3v) is 2.66. The minimum atomic E-state index is -1.06. The van der Waals surface area contributed by atoms with Crippen LogP contribution in [-0.4, -0.2) is 37.5 Å². The van der Waals surface area contributed by atoms with Gasteiger partial charge in [-0.2, -0.15) is 0 Å². The van der Waals surface area contributed by atoms with Gasteiger partial charge in [-0.1, -0.05) is 0 Å². The molecule has 0 saturated carbocycles. The van der Waals surface area contributed by atoms with E-state index in [1.165, 1.54) is 0 Å². The Kier molecular flexibility index (Phi) is 5.34. The van der Waals surface area contributed by atoms with Crippen molar-refractivity contribution in [1.29, 1.82) is 0 Å². The number of methoxy groups -OCH3 is 2. The van der Waals surface area contributed by atoms with E-state index in [9.17, 15) is 5.11 Å². The largest absolute Gasteiger partial charge is 0.495 e. The second kappa shape index (κ2) is 6.54. The summed E-state index contributed by atoms with van der Waals surface area (Å²) in [6.07, 6.45) is 4.47. The van der Waals surface area contributed by atoms with Gasteiger partial charge in [-0.15, -0.1) is 0 Å². The number of nitrogens with two attached hydrogens (primary N) is 1. The molecule has 0 aromatic carbocycles. The average Bonchev–Trinajstić information content (AvgIpc) is 2.37. The molecular weight excluding hydrogens is 220 g/mol. The monoisotopic (exact) mass is 240 g/mol. The van der Waals surface area contributed by atoms with Crippen molar-refractivity contribution in [3.8, 4) is 5.75 Å². The Hall–Kier alpha value is -1.17. The fourth-order valence-electron chi connectivity index (χ4n) is 1.72. The molecule has 1 aromatic heterocycles. The van der Waals surface area contributed by atoms with Crippen molar-refractivity contribution < 1.29 is 14.6 Å². The van der Waals surface area contributed by atoms with Gasteiger partial charge in [-0.3, -0.25) is 4.98 Å². The van der Waals surface area contributed by atoms with Gasteiger partial charge in [-0.05, 0) is 25.5 Å². The number of aliphatic hydroxyl groups is 1. The van der Waals surface area contributed by atoms with Crippen molar-refractivity contribution in [2.24, 2.45) is 5.73 Å². The quantitative estimate of drug-likeness (QED) is 0.732. The predicted molar refractivity (Wildman–Crippen MR) is 64.9 cm³/mol. The van der Waals surface area contributed by atoms with Crippen LogP contribution < -0.4 is 10.5 Å². The SMILES string of the molecule is COCC(O)(CCCN)c1cncc(OC)c1. The molecule has 0 aliphatic carbocycles. The highest BCUT2D eigenvalue weighted by molar-refractivity contribution is 5.28. The van der Waals surface area contributed by atoms with Gasteiger partial charge < -0.3 is 20.3 Å². The second-order valence-electron chi connectivity index (χ2n) is 3.97. The Morgan fingerprint density at radius 1 is 1.41 bits per heavy atom. The standard InChI is InChI=1S/C12H20N2O3/c1-16-9-12(15,4-3-5-13)10-6-11(17-2)8-14-7-10/h6-8,15H,3-5,9,13H2,1-2H3. The zero-order valence-electron chi connectivity index (χ0n) is 10.3. The maximum atomic E-state index is 10.6. The number of hydrogen-bond donors (Lipinski definition) is 2. The minimum Gasteiger partial charge on any atom is -0.495 e. The van der Waals surface area contributed by atoms with E-state index in [4.69, 9.17) is 15.2 Å². The number of hydrogen-bond acceptors (Lipinski definition) is 5. The third-order valence-electron chi connectivity index (χ3n) is 2.66. The first-order chi connectivity index (χ1) is 8.16. The van der Waals surface area contributed by atoms with Crippen LogP contribution in [0.15, 0.2) is 18.5 Å². The Balaban J connectivity index is 2.94. The Morgan fingerprint density at radius 3 is 2.76 bits per heavy atom. The molecule has 0 aliphatic rings. The maximum Gasteiger partial charge on any atom is 0.137 e. The predicted octanol–water partition coefficient (Wildman–Crippen LogP) is 0.663. The lowest BCUT2D eigenvalue weighted by atomic mass is 9.91. The van der Waals surface area contributed by atoms with Crippen LogP contribution >= 0.6 is 0 Å². The molecule has 0 bridgehead atoms. The van der Waals surface area contributed by atoms with Gasteiger partial charge in [0.2, 0.25) is 0 Å². The van der Waals surface area contributed by atoms with E-state index in [1.807, 2.05) is 0 Å². The molecule has 1 unspecified atom stereocenters. The van der Waals surface area contributed by atoms with Gasteiger partial charge >= 0.3 is 0 Å². The Morgan fingerprint density at radius 2 is 2.18 bits per heavy atom. The Bertz CT molecular complexity index is 346. The molecule has 1 atom stereocenters. The van der Waals surface area contributed by atoms with E-state index in [-0.39, 0.29) is 6.61 Å². The van der Waals surface area contributed by atoms with Gasteiger partial charge in [0, 0.05) is 18.9 Å². The van der Waals surface area contributed by atoms with Crippen LogP contribution in [0.1, 0.15) is 18.4 Å². The number of aromatic nitrogens is 1. The maximum absolute atomic E-state index is 10.6. The van der Waals surface area contributed by atoms with Gasteiger partial charge in [0.05, 0.1) is 19.9 Å². The summed E-state index contributed by atoms with van der Waals surface area (Å²) in [6, 6.07) is 1.77. The summed E-state index contributed by atoms with van der Waals surface area (Å²) in [5.74, 6) is 0.616. The van der Waals surface area contributed by atoms with Crippen molar-refractivity contribution in [2.75, 3.05) is 27.4 Å². The van der Waals surface area contributed by atoms with Crippen LogP contribution in [-0.2, 0) is 10.3 Å². The summed E-state index contributed by atoms with van der Waals surface area (Å²) in [5, 5.41) is 10.6. The van der Waals surface area contributed by atoms with E-state index in [0.29, 0.717) is 24.3 Å². The second-order valence-corrected chi connectivity index (χ2v) is 3.97. The lowest BCUT2D eigenvalue weighted by Crippen LogP contribution is -2.32. The molecule has 0 spiro atoms. The summed E-state index contributed by atoms with van der Waals surface area (Å²) in [4.78, 5) is 4.04. The number of rotatable bonds is 7. The molecule has 0 amide bonds. The zero-order valence-corrected chi connectivity index (χ0v) is 10.3. The highest BCUT2D eigenvalue weighted by Gasteiger charge is 2.29. The highest BCUT2D eigenvalue weighted by atomic mass is 16.5. The van der Waals surface area contributed by atoms with Crippen molar-refractivity contribution >= 4 is 0 Å². The molecule has 0 radical (unpaired) electrons. The van der Waals surface area contributed by atoms with Crippen LogP contribution in [0.25, 0.3) is 0 Å². The summed E-state index contributed by atoms with van der Waals surface area (Å²) >= 11 is 0. The number of pyridine rings is 1. The minimum absolute atomic E-state index is 0.210. The van der Waals surface area contributed by atoms with Crippen LogP contribution in [0, 0.1) is 0 Å². The van der Waals surface area contributed by atoms with Crippen molar-refractivity contribution in [3.05, 3.63) is 24.0 Å². The lowest BCUT2D eigenvalue weighted by molar-refractivity contribution is -0.0433. The fourth-order valence-corrected chi connectivity index (χ4v) is 1.72. The van der Waals surface area contributed by atoms with E-state index < -0.39 is 5.60 Å². The van der Waals surface area contributed by atoms with Gasteiger partial charge in [0.15, 0.2) is 0 Å². The molecule has 5 nitrogen and oxygen atoms in total. The first-order valence-electron chi connectivity index (χ1n) is 5.57. The topological polar surface area (TPSA) is 77.6 Å². The van der Waals surface area contributed by atoms with Crippen molar-refractivity contribution in [1.82, 2.24) is 4.98 Å². The van der Waals surface area contributed by atoms with Crippen molar-refractivity contribution in [2.45, 2.75) is 18.4 Å². The average molecular weight is 240 g/mol. The number of ether oxygens (including phenoxy) is 2. The van der Waals surface area contributed by atoms with Crippen LogP contribution in [0.2, 0.25) is 0 Å². The molecule has 1 rings (SSSR count). The van der Waals surface area contributed by atoms with Gasteiger partial charge in [-0.25, -0.2) is 0 Å². The number of nitrogens with zero attached hydrogens (tertiary/aromatic N) is 1. The molecule has 0 saturated heterocycles. The van der Waals surface area contributed by atoms with E-state index in [1.54, 1.807) is 32.7 Å². The normalized spacial score (nSPS) is 14.4. The molecule has 0 fully saturated rings. The summed E-state index contributed by atoms with van der Waals surface area (Å²) in [6.45, 7) is 0.741. The third kappa shape index (κ3) is 3.66. The Labute approximate surface area is 102 Å². The smallest absolute Gasteiger partial charge is 0.137 e. The summed E-state index contributed by atoms with van der Waals surface area (Å²) < 4.78 is 10.2. The van der Waals surface area contributed by atoms with Crippen molar-refractivity contribution in [3.63, 3.8) is 0 Å². The van der Waals surface area contributed by atoms with Crippen LogP contribution in [0.4, 0.5) is 0 Å². The fraction of sp³-hybridized carbons (Fsp3) is 0.583. The molecule has 1 heterocycles. The first-order valence-corrected chi connectivity index (χ1v) is 5.57. The van der Waals surface area contributed by atoms with Gasteiger partial charge in [0.1, 0.15) is 11.4 Å². The first kappa shape index (κ1) is 13.9.